The molecule has 2 aromatic rings. The molecule has 21 heavy (non-hydrogen) atoms. The molecule has 9 heteroatoms. The Kier molecular flexibility index (Phi) is 5.10. The molecule has 0 radical (unpaired) electrons. The van der Waals surface area contributed by atoms with Crippen LogP contribution in [0.25, 0.3) is 0 Å². The van der Waals surface area contributed by atoms with Gasteiger partial charge in [-0.05, 0) is 62.2 Å². The van der Waals surface area contributed by atoms with Crippen molar-refractivity contribution in [3.8, 4) is 0 Å². The van der Waals surface area contributed by atoms with E-state index in [0.29, 0.717) is 15.2 Å². The predicted octanol–water partition coefficient (Wildman–Crippen LogP) is 4.90. The first kappa shape index (κ1) is 16.9. The van der Waals surface area contributed by atoms with E-state index in [4.69, 9.17) is 28.9 Å². The highest BCUT2D eigenvalue weighted by atomic mass is 79.9. The highest BCUT2D eigenvalue weighted by Gasteiger charge is 2.21. The van der Waals surface area contributed by atoms with Gasteiger partial charge in [0.2, 0.25) is 0 Å². The monoisotopic (exact) mass is 472 g/mol. The Hall–Kier alpha value is -0.470. The Morgan fingerprint density at radius 3 is 2.38 bits per heavy atom. The van der Waals surface area contributed by atoms with Crippen LogP contribution in [0.15, 0.2) is 44.2 Å². The fraction of sp³-hybridized carbons (Fsp3) is 0. The third kappa shape index (κ3) is 3.84. The largest absolute Gasteiger partial charge is 0.398 e. The lowest BCUT2D eigenvalue weighted by Gasteiger charge is -2.13. The molecular formula is C12H8Br2Cl2N2O2S. The fourth-order valence-corrected chi connectivity index (χ4v) is 4.57. The van der Waals surface area contributed by atoms with Crippen molar-refractivity contribution in [3.63, 3.8) is 0 Å². The summed E-state index contributed by atoms with van der Waals surface area (Å²) in [6, 6.07) is 7.53. The zero-order valence-corrected chi connectivity index (χ0v) is 15.7. The molecule has 0 heterocycles. The van der Waals surface area contributed by atoms with E-state index in [9.17, 15) is 8.42 Å². The van der Waals surface area contributed by atoms with Gasteiger partial charge >= 0.3 is 0 Å². The topological polar surface area (TPSA) is 72.2 Å². The minimum atomic E-state index is -3.88. The van der Waals surface area contributed by atoms with E-state index in [2.05, 4.69) is 36.6 Å². The number of hydrogen-bond acceptors (Lipinski definition) is 3. The first-order valence-electron chi connectivity index (χ1n) is 5.43. The highest BCUT2D eigenvalue weighted by molar-refractivity contribution is 9.11. The van der Waals surface area contributed by atoms with Crippen LogP contribution in [0.2, 0.25) is 10.0 Å². The fourth-order valence-electron chi connectivity index (χ4n) is 1.56. The molecule has 112 valence electrons. The molecule has 0 saturated heterocycles. The molecule has 4 nitrogen and oxygen atoms in total. The van der Waals surface area contributed by atoms with Crippen molar-refractivity contribution in [1.82, 2.24) is 0 Å². The van der Waals surface area contributed by atoms with Crippen LogP contribution in [-0.4, -0.2) is 8.42 Å². The number of anilines is 2. The Labute approximate surface area is 148 Å². The van der Waals surface area contributed by atoms with Crippen LogP contribution in [0, 0.1) is 0 Å². The molecule has 0 aliphatic carbocycles. The standard InChI is InChI=1S/C12H8Br2Cl2N2O2S/c13-8-2-1-6(15)4-10(8)18-21(19,20)11-5-7(16)3-9(17)12(11)14/h1-5,18H,17H2. The summed E-state index contributed by atoms with van der Waals surface area (Å²) in [5, 5.41) is 0.627. The van der Waals surface area contributed by atoms with E-state index in [0.717, 1.165) is 0 Å². The van der Waals surface area contributed by atoms with Gasteiger partial charge < -0.3 is 5.73 Å². The first-order chi connectivity index (χ1) is 9.70. The van der Waals surface area contributed by atoms with E-state index in [1.165, 1.54) is 18.2 Å². The second kappa shape index (κ2) is 6.34. The minimum absolute atomic E-state index is 0.0561. The number of nitrogens with two attached hydrogens (primary N) is 1. The molecule has 0 aliphatic heterocycles. The number of rotatable bonds is 3. The Morgan fingerprint density at radius 2 is 1.71 bits per heavy atom. The number of sulfonamides is 1. The maximum Gasteiger partial charge on any atom is 0.263 e. The summed E-state index contributed by atoms with van der Waals surface area (Å²) in [4.78, 5) is -0.0561. The van der Waals surface area contributed by atoms with Crippen molar-refractivity contribution in [2.24, 2.45) is 0 Å². The summed E-state index contributed by atoms with van der Waals surface area (Å²) in [6.45, 7) is 0. The Bertz CT molecular complexity index is 813. The summed E-state index contributed by atoms with van der Waals surface area (Å²) < 4.78 is 28.2. The summed E-state index contributed by atoms with van der Waals surface area (Å²) in [7, 11) is -3.88. The third-order valence-corrected chi connectivity index (χ3v) is 6.18. The predicted molar refractivity (Wildman–Crippen MR) is 93.5 cm³/mol. The maximum absolute atomic E-state index is 12.5. The van der Waals surface area contributed by atoms with Gasteiger partial charge in [-0.2, -0.15) is 0 Å². The molecule has 0 aromatic heterocycles. The third-order valence-electron chi connectivity index (χ3n) is 2.49. The first-order valence-corrected chi connectivity index (χ1v) is 9.25. The summed E-state index contributed by atoms with van der Waals surface area (Å²) in [5.41, 5.74) is 6.25. The van der Waals surface area contributed by atoms with Gasteiger partial charge in [-0.25, -0.2) is 8.42 Å². The van der Waals surface area contributed by atoms with E-state index < -0.39 is 10.0 Å². The molecule has 0 atom stereocenters. The van der Waals surface area contributed by atoms with Gasteiger partial charge in [-0.15, -0.1) is 0 Å². The lowest BCUT2D eigenvalue weighted by Crippen LogP contribution is -2.14. The number of nitrogens with one attached hydrogen (secondary N) is 1. The molecule has 0 unspecified atom stereocenters. The number of nitrogen functional groups attached to an aromatic ring is 1. The summed E-state index contributed by atoms with van der Waals surface area (Å²) in [5.74, 6) is 0. The van der Waals surface area contributed by atoms with Gasteiger partial charge in [0.25, 0.3) is 10.0 Å². The second-order valence-corrected chi connectivity index (χ2v) is 8.21. The molecule has 0 saturated carbocycles. The zero-order chi connectivity index (χ0) is 15.8. The maximum atomic E-state index is 12.5. The van der Waals surface area contributed by atoms with Crippen LogP contribution in [0.5, 0.6) is 0 Å². The smallest absolute Gasteiger partial charge is 0.263 e. The second-order valence-electron chi connectivity index (χ2n) is 4.04. The van der Waals surface area contributed by atoms with Crippen LogP contribution in [0.1, 0.15) is 0 Å². The van der Waals surface area contributed by atoms with Gasteiger partial charge in [-0.3, -0.25) is 4.72 Å². The van der Waals surface area contributed by atoms with Gasteiger partial charge in [0.15, 0.2) is 0 Å². The van der Waals surface area contributed by atoms with Crippen LogP contribution < -0.4 is 10.5 Å². The quantitative estimate of drug-likeness (QED) is 0.621. The van der Waals surface area contributed by atoms with Gasteiger partial charge in [0.05, 0.1) is 10.2 Å². The van der Waals surface area contributed by atoms with Gasteiger partial charge in [0, 0.05) is 20.2 Å². The van der Waals surface area contributed by atoms with E-state index in [-0.39, 0.29) is 20.1 Å². The average Bonchev–Trinajstić information content (AvgIpc) is 2.37. The molecule has 0 bridgehead atoms. The van der Waals surface area contributed by atoms with Crippen LogP contribution in [0.4, 0.5) is 11.4 Å². The Morgan fingerprint density at radius 1 is 1.05 bits per heavy atom. The van der Waals surface area contributed by atoms with Gasteiger partial charge in [-0.1, -0.05) is 23.2 Å². The van der Waals surface area contributed by atoms with Crippen molar-refractivity contribution >= 4 is 76.5 Å². The molecule has 0 fully saturated rings. The van der Waals surface area contributed by atoms with Crippen molar-refractivity contribution < 1.29 is 8.42 Å². The van der Waals surface area contributed by atoms with E-state index >= 15 is 0 Å². The van der Waals surface area contributed by atoms with Crippen LogP contribution in [-0.2, 0) is 10.0 Å². The number of halogens is 4. The number of hydrogen-bond donors (Lipinski definition) is 2. The van der Waals surface area contributed by atoms with Crippen LogP contribution in [0.3, 0.4) is 0 Å². The normalized spacial score (nSPS) is 11.4. The lowest BCUT2D eigenvalue weighted by atomic mass is 10.3. The van der Waals surface area contributed by atoms with E-state index in [1.54, 1.807) is 12.1 Å². The summed E-state index contributed by atoms with van der Waals surface area (Å²) >= 11 is 18.1. The molecule has 3 N–H and O–H groups in total. The molecule has 2 rings (SSSR count). The van der Waals surface area contributed by atoms with Crippen molar-refractivity contribution in [2.45, 2.75) is 4.90 Å². The number of benzene rings is 2. The van der Waals surface area contributed by atoms with Crippen LogP contribution >= 0.6 is 55.1 Å². The summed E-state index contributed by atoms with van der Waals surface area (Å²) in [6.07, 6.45) is 0. The molecule has 2 aromatic carbocycles. The van der Waals surface area contributed by atoms with Crippen molar-refractivity contribution in [2.75, 3.05) is 10.5 Å². The van der Waals surface area contributed by atoms with Crippen molar-refractivity contribution in [1.29, 1.82) is 0 Å². The highest BCUT2D eigenvalue weighted by Crippen LogP contribution is 2.34. The van der Waals surface area contributed by atoms with Crippen molar-refractivity contribution in [3.05, 3.63) is 49.3 Å². The Balaban J connectivity index is 2.51. The van der Waals surface area contributed by atoms with Gasteiger partial charge in [0.1, 0.15) is 4.90 Å². The zero-order valence-electron chi connectivity index (χ0n) is 10.2. The molecular weight excluding hydrogens is 467 g/mol. The average molecular weight is 475 g/mol. The minimum Gasteiger partial charge on any atom is -0.398 e. The lowest BCUT2D eigenvalue weighted by molar-refractivity contribution is 0.601. The molecule has 0 aliphatic rings. The molecule has 0 spiro atoms. The van der Waals surface area contributed by atoms with E-state index in [1.807, 2.05) is 0 Å². The molecule has 0 amide bonds. The SMILES string of the molecule is Nc1cc(Cl)cc(S(=O)(=O)Nc2cc(Cl)ccc2Br)c1Br.